The van der Waals surface area contributed by atoms with E-state index in [1.807, 2.05) is 37.4 Å². The van der Waals surface area contributed by atoms with Crippen LogP contribution in [0.25, 0.3) is 22.8 Å². The van der Waals surface area contributed by atoms with Crippen molar-refractivity contribution in [3.8, 4) is 22.8 Å². The summed E-state index contributed by atoms with van der Waals surface area (Å²) < 4.78 is 5.40. The monoisotopic (exact) mass is 280 g/mol. The van der Waals surface area contributed by atoms with Crippen molar-refractivity contribution < 1.29 is 4.52 Å². The molecule has 0 spiro atoms. The second kappa shape index (κ2) is 5.36. The summed E-state index contributed by atoms with van der Waals surface area (Å²) in [5.41, 5.74) is 10.5. The molecule has 0 saturated carbocycles. The van der Waals surface area contributed by atoms with E-state index in [-0.39, 0.29) is 0 Å². The zero-order chi connectivity index (χ0) is 14.8. The highest BCUT2D eigenvalue weighted by Gasteiger charge is 2.16. The van der Waals surface area contributed by atoms with Crippen LogP contribution >= 0.6 is 0 Å². The fourth-order valence-corrected chi connectivity index (χ4v) is 2.34. The van der Waals surface area contributed by atoms with Crippen LogP contribution in [0.4, 0.5) is 5.69 Å². The lowest BCUT2D eigenvalue weighted by Gasteiger charge is -2.03. The fourth-order valence-electron chi connectivity index (χ4n) is 2.34. The van der Waals surface area contributed by atoms with Gasteiger partial charge in [0.25, 0.3) is 5.89 Å². The van der Waals surface area contributed by atoms with Gasteiger partial charge in [-0.1, -0.05) is 24.2 Å². The van der Waals surface area contributed by atoms with Gasteiger partial charge in [0, 0.05) is 23.6 Å². The van der Waals surface area contributed by atoms with E-state index in [0.29, 0.717) is 17.4 Å². The Bertz CT molecular complexity index is 759. The van der Waals surface area contributed by atoms with Gasteiger partial charge in [-0.15, -0.1) is 0 Å². The van der Waals surface area contributed by atoms with Crippen molar-refractivity contribution in [2.24, 2.45) is 0 Å². The van der Waals surface area contributed by atoms with E-state index in [2.05, 4.69) is 22.0 Å². The van der Waals surface area contributed by atoms with Crippen LogP contribution in [0.5, 0.6) is 0 Å². The van der Waals surface area contributed by atoms with Gasteiger partial charge in [0.2, 0.25) is 5.82 Å². The fraction of sp³-hybridized carbons (Fsp3) is 0.188. The molecule has 21 heavy (non-hydrogen) atoms. The highest BCUT2D eigenvalue weighted by molar-refractivity contribution is 5.74. The molecule has 0 fully saturated rings. The van der Waals surface area contributed by atoms with E-state index < -0.39 is 0 Å². The molecule has 3 aromatic rings. The highest BCUT2D eigenvalue weighted by Crippen LogP contribution is 2.30. The van der Waals surface area contributed by atoms with Crippen molar-refractivity contribution in [3.05, 3.63) is 47.8 Å². The summed E-state index contributed by atoms with van der Waals surface area (Å²) in [5.74, 6) is 1.01. The normalized spacial score (nSPS) is 10.8. The van der Waals surface area contributed by atoms with Gasteiger partial charge in [-0.25, -0.2) is 0 Å². The maximum absolute atomic E-state index is 6.02. The Balaban J connectivity index is 2.09. The molecule has 2 heterocycles. The molecule has 3 rings (SSSR count). The van der Waals surface area contributed by atoms with Crippen molar-refractivity contribution in [3.63, 3.8) is 0 Å². The van der Waals surface area contributed by atoms with Gasteiger partial charge in [-0.3, -0.25) is 4.98 Å². The third kappa shape index (κ3) is 2.38. The first-order valence-corrected chi connectivity index (χ1v) is 6.83. The second-order valence-corrected chi connectivity index (χ2v) is 4.85. The van der Waals surface area contributed by atoms with Crippen molar-refractivity contribution >= 4 is 5.69 Å². The van der Waals surface area contributed by atoms with E-state index >= 15 is 0 Å². The molecule has 5 nitrogen and oxygen atoms in total. The molecule has 0 aliphatic heterocycles. The van der Waals surface area contributed by atoms with Crippen LogP contribution in [0.3, 0.4) is 0 Å². The third-order valence-electron chi connectivity index (χ3n) is 3.47. The quantitative estimate of drug-likeness (QED) is 0.745. The van der Waals surface area contributed by atoms with Crippen LogP contribution in [0.15, 0.2) is 41.2 Å². The number of hydrogen-bond donors (Lipinski definition) is 1. The first kappa shape index (κ1) is 13.3. The molecule has 0 saturated heterocycles. The minimum Gasteiger partial charge on any atom is -0.398 e. The molecule has 0 radical (unpaired) electrons. The minimum absolute atomic E-state index is 0.444. The number of nitrogens with two attached hydrogens (primary N) is 1. The van der Waals surface area contributed by atoms with Crippen molar-refractivity contribution in [1.29, 1.82) is 0 Å². The number of benzene rings is 1. The summed E-state index contributed by atoms with van der Waals surface area (Å²) in [4.78, 5) is 8.62. The number of rotatable bonds is 3. The van der Waals surface area contributed by atoms with Gasteiger partial charge in [-0.05, 0) is 36.6 Å². The van der Waals surface area contributed by atoms with Crippen molar-refractivity contribution in [2.75, 3.05) is 5.73 Å². The molecule has 5 heteroatoms. The average Bonchev–Trinajstić information content (AvgIpc) is 2.96. The summed E-state index contributed by atoms with van der Waals surface area (Å²) >= 11 is 0. The number of aromatic nitrogens is 3. The Labute approximate surface area is 122 Å². The van der Waals surface area contributed by atoms with Gasteiger partial charge in [-0.2, -0.15) is 4.98 Å². The van der Waals surface area contributed by atoms with E-state index in [9.17, 15) is 0 Å². The molecule has 0 bridgehead atoms. The Hall–Kier alpha value is -2.69. The molecular formula is C16H16N4O. The van der Waals surface area contributed by atoms with Gasteiger partial charge < -0.3 is 10.3 Å². The molecule has 106 valence electrons. The van der Waals surface area contributed by atoms with Crippen LogP contribution in [-0.4, -0.2) is 15.1 Å². The summed E-state index contributed by atoms with van der Waals surface area (Å²) in [5, 5.41) is 4.08. The number of pyridine rings is 1. The Morgan fingerprint density at radius 3 is 2.86 bits per heavy atom. The van der Waals surface area contributed by atoms with Crippen LogP contribution in [0.1, 0.15) is 18.1 Å². The van der Waals surface area contributed by atoms with Crippen molar-refractivity contribution in [1.82, 2.24) is 15.1 Å². The molecular weight excluding hydrogens is 264 g/mol. The predicted octanol–water partition coefficient (Wildman–Crippen LogP) is 3.25. The lowest BCUT2D eigenvalue weighted by Crippen LogP contribution is -1.93. The lowest BCUT2D eigenvalue weighted by molar-refractivity contribution is 0.432. The predicted molar refractivity (Wildman–Crippen MR) is 81.5 cm³/mol. The Morgan fingerprint density at radius 1 is 1.24 bits per heavy atom. The van der Waals surface area contributed by atoms with Crippen LogP contribution in [-0.2, 0) is 6.42 Å². The Morgan fingerprint density at radius 2 is 2.10 bits per heavy atom. The standard InChI is InChI=1S/C16H16N4O/c1-3-11-9-18-8-7-12(11)15-19-16(21-20-15)14-10(2)5-4-6-13(14)17/h4-9H,3,17H2,1-2H3. The zero-order valence-electron chi connectivity index (χ0n) is 12.0. The molecule has 0 unspecified atom stereocenters. The largest absolute Gasteiger partial charge is 0.398 e. The zero-order valence-corrected chi connectivity index (χ0v) is 12.0. The van der Waals surface area contributed by atoms with E-state index in [1.165, 1.54) is 0 Å². The first-order chi connectivity index (χ1) is 10.2. The number of aryl methyl sites for hydroxylation is 2. The number of hydrogen-bond acceptors (Lipinski definition) is 5. The van der Waals surface area contributed by atoms with Crippen LogP contribution < -0.4 is 5.73 Å². The van der Waals surface area contributed by atoms with Crippen LogP contribution in [0, 0.1) is 6.92 Å². The minimum atomic E-state index is 0.444. The topological polar surface area (TPSA) is 77.8 Å². The summed E-state index contributed by atoms with van der Waals surface area (Å²) in [6.07, 6.45) is 4.42. The highest BCUT2D eigenvalue weighted by atomic mass is 16.5. The Kier molecular flexibility index (Phi) is 3.39. The third-order valence-corrected chi connectivity index (χ3v) is 3.47. The van der Waals surface area contributed by atoms with Gasteiger partial charge in [0.15, 0.2) is 0 Å². The molecule has 0 amide bonds. The molecule has 0 atom stereocenters. The second-order valence-electron chi connectivity index (χ2n) is 4.85. The SMILES string of the molecule is CCc1cnccc1-c1noc(-c2c(C)cccc2N)n1. The smallest absolute Gasteiger partial charge is 0.260 e. The molecule has 0 aliphatic carbocycles. The summed E-state index contributed by atoms with van der Waals surface area (Å²) in [6, 6.07) is 7.60. The number of nitrogens with zero attached hydrogens (tertiary/aromatic N) is 3. The maximum atomic E-state index is 6.02. The molecule has 2 aromatic heterocycles. The molecule has 2 N–H and O–H groups in total. The lowest BCUT2D eigenvalue weighted by atomic mass is 10.1. The summed E-state index contributed by atoms with van der Waals surface area (Å²) in [7, 11) is 0. The average molecular weight is 280 g/mol. The number of anilines is 1. The van der Waals surface area contributed by atoms with E-state index in [4.69, 9.17) is 10.3 Å². The number of nitrogen functional groups attached to an aromatic ring is 1. The van der Waals surface area contributed by atoms with Gasteiger partial charge >= 0.3 is 0 Å². The first-order valence-electron chi connectivity index (χ1n) is 6.83. The van der Waals surface area contributed by atoms with Gasteiger partial charge in [0.1, 0.15) is 0 Å². The van der Waals surface area contributed by atoms with Gasteiger partial charge in [0.05, 0.1) is 5.56 Å². The van der Waals surface area contributed by atoms with E-state index in [0.717, 1.165) is 28.7 Å². The van der Waals surface area contributed by atoms with Crippen molar-refractivity contribution in [2.45, 2.75) is 20.3 Å². The maximum Gasteiger partial charge on any atom is 0.260 e. The van der Waals surface area contributed by atoms with E-state index in [1.54, 1.807) is 6.20 Å². The van der Waals surface area contributed by atoms with Crippen LogP contribution in [0.2, 0.25) is 0 Å². The molecule has 0 aliphatic rings. The molecule has 1 aromatic carbocycles. The summed E-state index contributed by atoms with van der Waals surface area (Å²) in [6.45, 7) is 4.04.